The second kappa shape index (κ2) is 5.67. The molecule has 18 heavy (non-hydrogen) atoms. The van der Waals surface area contributed by atoms with E-state index in [2.05, 4.69) is 10.2 Å². The fraction of sp³-hybridized carbons (Fsp3) is 0.833. The van der Waals surface area contributed by atoms with Gasteiger partial charge in [0.15, 0.2) is 0 Å². The summed E-state index contributed by atoms with van der Waals surface area (Å²) in [6.07, 6.45) is 1.34. The molecule has 2 saturated heterocycles. The summed E-state index contributed by atoms with van der Waals surface area (Å²) in [7, 11) is 0. The van der Waals surface area contributed by atoms with Crippen LogP contribution in [0.2, 0.25) is 0 Å². The molecule has 3 N–H and O–H groups in total. The molecule has 6 heteroatoms. The molecule has 3 atom stereocenters. The van der Waals surface area contributed by atoms with Crippen LogP contribution in [0.25, 0.3) is 0 Å². The third-order valence-electron chi connectivity index (χ3n) is 3.79. The van der Waals surface area contributed by atoms with Crippen LogP contribution in [0.15, 0.2) is 0 Å². The molecule has 102 valence electrons. The van der Waals surface area contributed by atoms with Crippen LogP contribution in [-0.2, 0) is 9.59 Å². The first-order valence-corrected chi connectivity index (χ1v) is 6.46. The number of aliphatic carboxylic acids is 1. The number of nitrogens with zero attached hydrogens (tertiary/aromatic N) is 1. The van der Waals surface area contributed by atoms with Crippen LogP contribution in [0.1, 0.15) is 25.7 Å². The van der Waals surface area contributed by atoms with Gasteiger partial charge in [0.05, 0.1) is 12.5 Å². The van der Waals surface area contributed by atoms with Gasteiger partial charge in [0, 0.05) is 32.1 Å². The summed E-state index contributed by atoms with van der Waals surface area (Å²) in [6.45, 7) is 2.04. The lowest BCUT2D eigenvalue weighted by Crippen LogP contribution is -2.54. The van der Waals surface area contributed by atoms with E-state index >= 15 is 0 Å². The van der Waals surface area contributed by atoms with Crippen molar-refractivity contribution in [3.05, 3.63) is 0 Å². The monoisotopic (exact) mass is 256 g/mol. The fourth-order valence-corrected chi connectivity index (χ4v) is 2.92. The maximum atomic E-state index is 11.3. The predicted molar refractivity (Wildman–Crippen MR) is 64.0 cm³/mol. The molecule has 0 aromatic rings. The summed E-state index contributed by atoms with van der Waals surface area (Å²) in [5.74, 6) is -0.397. The van der Waals surface area contributed by atoms with E-state index in [4.69, 9.17) is 5.11 Å². The Labute approximate surface area is 106 Å². The number of rotatable bonds is 4. The van der Waals surface area contributed by atoms with Crippen LogP contribution in [0.5, 0.6) is 0 Å². The lowest BCUT2D eigenvalue weighted by atomic mass is 9.85. The molecule has 1 amide bonds. The van der Waals surface area contributed by atoms with Crippen molar-refractivity contribution < 1.29 is 19.8 Å². The molecule has 2 fully saturated rings. The van der Waals surface area contributed by atoms with Gasteiger partial charge >= 0.3 is 5.97 Å². The second-order valence-electron chi connectivity index (χ2n) is 5.27. The standard InChI is InChI=1S/C12H20N2O4/c15-9(5-12(17)18)7-14-4-3-10-8(6-14)1-2-11(16)13-10/h8-10,15H,1-7H2,(H,13,16)(H,17,18). The van der Waals surface area contributed by atoms with Crippen LogP contribution in [0.4, 0.5) is 0 Å². The van der Waals surface area contributed by atoms with E-state index < -0.39 is 12.1 Å². The Morgan fingerprint density at radius 1 is 1.50 bits per heavy atom. The zero-order chi connectivity index (χ0) is 13.1. The van der Waals surface area contributed by atoms with Crippen molar-refractivity contribution in [2.24, 2.45) is 5.92 Å². The van der Waals surface area contributed by atoms with Crippen LogP contribution in [0, 0.1) is 5.92 Å². The minimum absolute atomic E-state index is 0.135. The maximum absolute atomic E-state index is 11.3. The summed E-state index contributed by atoms with van der Waals surface area (Å²) in [5.41, 5.74) is 0. The predicted octanol–water partition coefficient (Wildman–Crippen LogP) is -0.577. The molecular formula is C12H20N2O4. The van der Waals surface area contributed by atoms with Crippen LogP contribution >= 0.6 is 0 Å². The van der Waals surface area contributed by atoms with Crippen molar-refractivity contribution in [2.45, 2.75) is 37.8 Å². The van der Waals surface area contributed by atoms with Gasteiger partial charge < -0.3 is 20.4 Å². The van der Waals surface area contributed by atoms with E-state index in [0.29, 0.717) is 18.9 Å². The number of hydrogen-bond acceptors (Lipinski definition) is 4. The summed E-state index contributed by atoms with van der Waals surface area (Å²) in [6, 6.07) is 0.263. The largest absolute Gasteiger partial charge is 0.481 e. The van der Waals surface area contributed by atoms with Crippen molar-refractivity contribution in [3.63, 3.8) is 0 Å². The van der Waals surface area contributed by atoms with Gasteiger partial charge in [-0.05, 0) is 18.8 Å². The zero-order valence-electron chi connectivity index (χ0n) is 10.3. The molecule has 2 heterocycles. The molecule has 3 unspecified atom stereocenters. The zero-order valence-corrected chi connectivity index (χ0v) is 10.3. The van der Waals surface area contributed by atoms with Crippen LogP contribution in [0.3, 0.4) is 0 Å². The normalized spacial score (nSPS) is 30.4. The lowest BCUT2D eigenvalue weighted by Gasteiger charge is -2.41. The molecule has 0 saturated carbocycles. The highest BCUT2D eigenvalue weighted by molar-refractivity contribution is 5.77. The Hall–Kier alpha value is -1.14. The number of carbonyl (C=O) groups is 2. The van der Waals surface area contributed by atoms with E-state index in [1.165, 1.54) is 0 Å². The number of carbonyl (C=O) groups excluding carboxylic acids is 1. The summed E-state index contributed by atoms with van der Waals surface area (Å²) in [4.78, 5) is 23.9. The Balaban J connectivity index is 1.80. The number of aliphatic hydroxyl groups is 1. The number of likely N-dealkylation sites (tertiary alicyclic amines) is 1. The van der Waals surface area contributed by atoms with Crippen molar-refractivity contribution in [1.82, 2.24) is 10.2 Å². The van der Waals surface area contributed by atoms with Gasteiger partial charge in [0.1, 0.15) is 0 Å². The average molecular weight is 256 g/mol. The third kappa shape index (κ3) is 3.43. The molecule has 2 aliphatic heterocycles. The van der Waals surface area contributed by atoms with E-state index in [0.717, 1.165) is 25.9 Å². The SMILES string of the molecule is O=C(O)CC(O)CN1CCC2NC(=O)CCC2C1. The molecule has 0 spiro atoms. The Morgan fingerprint density at radius 2 is 2.28 bits per heavy atom. The van der Waals surface area contributed by atoms with E-state index in [1.807, 2.05) is 0 Å². The van der Waals surface area contributed by atoms with Crippen molar-refractivity contribution in [3.8, 4) is 0 Å². The Morgan fingerprint density at radius 3 is 3.00 bits per heavy atom. The molecule has 6 nitrogen and oxygen atoms in total. The Bertz CT molecular complexity index is 334. The first kappa shape index (κ1) is 13.3. The quantitative estimate of drug-likeness (QED) is 0.626. The molecule has 0 aromatic carbocycles. The van der Waals surface area contributed by atoms with E-state index in [1.54, 1.807) is 0 Å². The number of fused-ring (bicyclic) bond motifs is 1. The number of carboxylic acid groups (broad SMARTS) is 1. The lowest BCUT2D eigenvalue weighted by molar-refractivity contribution is -0.139. The number of amides is 1. The van der Waals surface area contributed by atoms with Gasteiger partial charge in [-0.2, -0.15) is 0 Å². The Kier molecular flexibility index (Phi) is 4.19. The molecule has 2 rings (SSSR count). The van der Waals surface area contributed by atoms with Gasteiger partial charge in [0.25, 0.3) is 0 Å². The summed E-state index contributed by atoms with van der Waals surface area (Å²) >= 11 is 0. The molecule has 2 aliphatic rings. The van der Waals surface area contributed by atoms with Crippen LogP contribution in [-0.4, -0.2) is 58.8 Å². The molecule has 0 bridgehead atoms. The molecular weight excluding hydrogens is 236 g/mol. The number of aliphatic hydroxyl groups excluding tert-OH is 1. The van der Waals surface area contributed by atoms with Gasteiger partial charge in [0.2, 0.25) is 5.91 Å². The first-order valence-electron chi connectivity index (χ1n) is 6.46. The topological polar surface area (TPSA) is 89.9 Å². The van der Waals surface area contributed by atoms with Crippen molar-refractivity contribution >= 4 is 11.9 Å². The van der Waals surface area contributed by atoms with E-state index in [9.17, 15) is 14.7 Å². The van der Waals surface area contributed by atoms with Gasteiger partial charge in [-0.25, -0.2) is 0 Å². The van der Waals surface area contributed by atoms with Crippen molar-refractivity contribution in [1.29, 1.82) is 0 Å². The molecule has 0 radical (unpaired) electrons. The number of nitrogens with one attached hydrogen (secondary N) is 1. The minimum atomic E-state index is -0.970. The maximum Gasteiger partial charge on any atom is 0.306 e. The van der Waals surface area contributed by atoms with Crippen molar-refractivity contribution in [2.75, 3.05) is 19.6 Å². The number of piperidine rings is 2. The second-order valence-corrected chi connectivity index (χ2v) is 5.27. The van der Waals surface area contributed by atoms with Gasteiger partial charge in [-0.1, -0.05) is 0 Å². The van der Waals surface area contributed by atoms with Gasteiger partial charge in [-0.15, -0.1) is 0 Å². The number of hydrogen-bond donors (Lipinski definition) is 3. The summed E-state index contributed by atoms with van der Waals surface area (Å²) < 4.78 is 0. The van der Waals surface area contributed by atoms with Gasteiger partial charge in [-0.3, -0.25) is 9.59 Å². The smallest absolute Gasteiger partial charge is 0.306 e. The van der Waals surface area contributed by atoms with Crippen LogP contribution < -0.4 is 5.32 Å². The molecule has 0 aliphatic carbocycles. The van der Waals surface area contributed by atoms with E-state index in [-0.39, 0.29) is 18.4 Å². The average Bonchev–Trinajstić information content (AvgIpc) is 2.28. The fourth-order valence-electron chi connectivity index (χ4n) is 2.92. The highest BCUT2D eigenvalue weighted by atomic mass is 16.4. The summed E-state index contributed by atoms with van der Waals surface area (Å²) in [5, 5.41) is 21.2. The minimum Gasteiger partial charge on any atom is -0.481 e. The third-order valence-corrected chi connectivity index (χ3v) is 3.79. The highest BCUT2D eigenvalue weighted by Crippen LogP contribution is 2.25. The number of carboxylic acids is 1. The number of β-amino-alcohol motifs (C(OH)–C–C–N with tert-alkyl or cyclic N) is 1. The molecule has 0 aromatic heterocycles. The first-order chi connectivity index (χ1) is 8.54. The highest BCUT2D eigenvalue weighted by Gasteiger charge is 2.34.